The summed E-state index contributed by atoms with van der Waals surface area (Å²) >= 11 is 0. The van der Waals surface area contributed by atoms with Crippen LogP contribution in [-0.4, -0.2) is 66.1 Å². The van der Waals surface area contributed by atoms with E-state index in [1.54, 1.807) is 4.90 Å². The summed E-state index contributed by atoms with van der Waals surface area (Å²) in [5.74, 6) is -0.620. The van der Waals surface area contributed by atoms with Gasteiger partial charge in [-0.2, -0.15) is 4.31 Å². The second-order valence-electron chi connectivity index (χ2n) is 9.38. The van der Waals surface area contributed by atoms with Crippen LogP contribution in [0.2, 0.25) is 0 Å². The SMILES string of the molecule is CCC(C)(C)NC(=O)[C@H]1CCCN(S(=O)(=O)c2c[nH]c(C(=O)N3CCCCCC3)c2)C1. The number of aromatic amines is 1. The predicted molar refractivity (Wildman–Crippen MR) is 119 cm³/mol. The minimum atomic E-state index is -3.78. The molecule has 0 aromatic carbocycles. The highest BCUT2D eigenvalue weighted by Gasteiger charge is 2.35. The van der Waals surface area contributed by atoms with E-state index in [0.29, 0.717) is 38.2 Å². The summed E-state index contributed by atoms with van der Waals surface area (Å²) in [6, 6.07) is 1.44. The zero-order valence-corrected chi connectivity index (χ0v) is 19.8. The zero-order valence-electron chi connectivity index (χ0n) is 18.9. The molecule has 0 aliphatic carbocycles. The first-order valence-corrected chi connectivity index (χ1v) is 12.9. The highest BCUT2D eigenvalue weighted by molar-refractivity contribution is 7.89. The van der Waals surface area contributed by atoms with Gasteiger partial charge in [0.1, 0.15) is 10.6 Å². The van der Waals surface area contributed by atoms with Gasteiger partial charge in [-0.25, -0.2) is 8.42 Å². The molecule has 0 saturated carbocycles. The van der Waals surface area contributed by atoms with Crippen molar-refractivity contribution < 1.29 is 18.0 Å². The number of carbonyl (C=O) groups excluding carboxylic acids is 2. The van der Waals surface area contributed by atoms with Crippen LogP contribution in [0.3, 0.4) is 0 Å². The molecular formula is C22H36N4O4S. The molecule has 1 atom stereocenters. The minimum absolute atomic E-state index is 0.0839. The molecule has 2 aliphatic heterocycles. The molecule has 0 spiro atoms. The zero-order chi connectivity index (χ0) is 22.6. The van der Waals surface area contributed by atoms with Crippen LogP contribution in [0.4, 0.5) is 0 Å². The molecule has 2 aliphatic rings. The van der Waals surface area contributed by atoms with Gasteiger partial charge in [-0.3, -0.25) is 9.59 Å². The van der Waals surface area contributed by atoms with Gasteiger partial charge in [-0.15, -0.1) is 0 Å². The first kappa shape index (κ1) is 23.8. The number of rotatable bonds is 6. The van der Waals surface area contributed by atoms with Crippen molar-refractivity contribution in [3.05, 3.63) is 18.0 Å². The molecule has 3 rings (SSSR count). The van der Waals surface area contributed by atoms with Crippen molar-refractivity contribution in [1.29, 1.82) is 0 Å². The predicted octanol–water partition coefficient (Wildman–Crippen LogP) is 2.74. The van der Waals surface area contributed by atoms with Crippen molar-refractivity contribution in [2.24, 2.45) is 5.92 Å². The van der Waals surface area contributed by atoms with E-state index in [4.69, 9.17) is 0 Å². The molecule has 1 aromatic heterocycles. The fourth-order valence-electron chi connectivity index (χ4n) is 4.14. The monoisotopic (exact) mass is 452 g/mol. The quantitative estimate of drug-likeness (QED) is 0.693. The standard InChI is InChI=1S/C22H36N4O4S/c1-4-22(2,3)24-20(27)17-10-9-13-26(16-17)31(29,30)18-14-19(23-15-18)21(28)25-11-7-5-6-8-12-25/h14-15,17,23H,4-13,16H2,1-3H3,(H,24,27)/t17-/m0/s1. The molecule has 8 nitrogen and oxygen atoms in total. The largest absolute Gasteiger partial charge is 0.356 e. The second-order valence-corrected chi connectivity index (χ2v) is 11.3. The molecule has 31 heavy (non-hydrogen) atoms. The third-order valence-electron chi connectivity index (χ3n) is 6.52. The average molecular weight is 453 g/mol. The first-order chi connectivity index (χ1) is 14.6. The number of carbonyl (C=O) groups is 2. The summed E-state index contributed by atoms with van der Waals surface area (Å²) in [7, 11) is -3.78. The average Bonchev–Trinajstić information content (AvgIpc) is 3.10. The Morgan fingerprint density at radius 2 is 1.81 bits per heavy atom. The molecule has 0 radical (unpaired) electrons. The molecule has 9 heteroatoms. The molecule has 3 heterocycles. The van der Waals surface area contributed by atoms with Crippen molar-refractivity contribution in [3.8, 4) is 0 Å². The normalized spacial score (nSPS) is 21.5. The fourth-order valence-corrected chi connectivity index (χ4v) is 5.66. The van der Waals surface area contributed by atoms with E-state index >= 15 is 0 Å². The fraction of sp³-hybridized carbons (Fsp3) is 0.727. The highest BCUT2D eigenvalue weighted by atomic mass is 32.2. The number of H-pyrrole nitrogens is 1. The van der Waals surface area contributed by atoms with E-state index in [9.17, 15) is 18.0 Å². The molecule has 0 unspecified atom stereocenters. The van der Waals surface area contributed by atoms with Crippen LogP contribution in [0, 0.1) is 5.92 Å². The number of hydrogen-bond acceptors (Lipinski definition) is 4. The summed E-state index contributed by atoms with van der Waals surface area (Å²) in [5, 5.41) is 3.03. The maximum atomic E-state index is 13.2. The summed E-state index contributed by atoms with van der Waals surface area (Å²) < 4.78 is 27.8. The summed E-state index contributed by atoms with van der Waals surface area (Å²) in [5.41, 5.74) is -0.0157. The Balaban J connectivity index is 1.70. The van der Waals surface area contributed by atoms with E-state index in [-0.39, 0.29) is 34.7 Å². The van der Waals surface area contributed by atoms with Crippen molar-refractivity contribution in [2.75, 3.05) is 26.2 Å². The molecule has 0 bridgehead atoms. The summed E-state index contributed by atoms with van der Waals surface area (Å²) in [6.07, 6.45) is 7.68. The van der Waals surface area contributed by atoms with Crippen molar-refractivity contribution in [2.45, 2.75) is 76.2 Å². The Labute approximate surface area is 185 Å². The summed E-state index contributed by atoms with van der Waals surface area (Å²) in [6.45, 7) is 7.89. The summed E-state index contributed by atoms with van der Waals surface area (Å²) in [4.78, 5) is 30.2. The number of nitrogens with zero attached hydrogens (tertiary/aromatic N) is 2. The van der Waals surface area contributed by atoms with Crippen LogP contribution in [0.15, 0.2) is 17.2 Å². The lowest BCUT2D eigenvalue weighted by Crippen LogP contribution is -2.50. The van der Waals surface area contributed by atoms with Gasteiger partial charge >= 0.3 is 0 Å². The van der Waals surface area contributed by atoms with Gasteiger partial charge in [0, 0.05) is 37.9 Å². The van der Waals surface area contributed by atoms with E-state index in [1.807, 2.05) is 20.8 Å². The van der Waals surface area contributed by atoms with Gasteiger partial charge in [0.05, 0.1) is 5.92 Å². The van der Waals surface area contributed by atoms with Gasteiger partial charge in [0.15, 0.2) is 0 Å². The number of likely N-dealkylation sites (tertiary alicyclic amines) is 1. The Bertz CT molecular complexity index is 885. The number of hydrogen-bond donors (Lipinski definition) is 2. The third-order valence-corrected chi connectivity index (χ3v) is 8.36. The van der Waals surface area contributed by atoms with Crippen LogP contribution >= 0.6 is 0 Å². The second kappa shape index (κ2) is 9.73. The van der Waals surface area contributed by atoms with E-state index in [1.165, 1.54) is 16.6 Å². The molecule has 2 amide bonds. The Morgan fingerprint density at radius 3 is 2.45 bits per heavy atom. The third kappa shape index (κ3) is 5.68. The molecule has 1 aromatic rings. The van der Waals surface area contributed by atoms with Gasteiger partial charge in [0.2, 0.25) is 15.9 Å². The highest BCUT2D eigenvalue weighted by Crippen LogP contribution is 2.25. The molecule has 2 fully saturated rings. The van der Waals surface area contributed by atoms with Crippen LogP contribution in [0.5, 0.6) is 0 Å². The van der Waals surface area contributed by atoms with Crippen LogP contribution in [-0.2, 0) is 14.8 Å². The van der Waals surface area contributed by atoms with Gasteiger partial charge in [0.25, 0.3) is 5.91 Å². The van der Waals surface area contributed by atoms with Crippen LogP contribution < -0.4 is 5.32 Å². The Morgan fingerprint density at radius 1 is 1.13 bits per heavy atom. The van der Waals surface area contributed by atoms with E-state index in [2.05, 4.69) is 10.3 Å². The number of amides is 2. The molecular weight excluding hydrogens is 416 g/mol. The number of piperidine rings is 1. The van der Waals surface area contributed by atoms with Crippen molar-refractivity contribution in [3.63, 3.8) is 0 Å². The molecule has 174 valence electrons. The Hall–Kier alpha value is -1.87. The van der Waals surface area contributed by atoms with Gasteiger partial charge in [-0.05, 0) is 52.0 Å². The maximum Gasteiger partial charge on any atom is 0.270 e. The number of sulfonamides is 1. The first-order valence-electron chi connectivity index (χ1n) is 11.4. The Kier molecular flexibility index (Phi) is 7.47. The van der Waals surface area contributed by atoms with Crippen LogP contribution in [0.25, 0.3) is 0 Å². The molecule has 2 saturated heterocycles. The minimum Gasteiger partial charge on any atom is -0.356 e. The lowest BCUT2D eigenvalue weighted by molar-refractivity contribution is -0.127. The smallest absolute Gasteiger partial charge is 0.270 e. The van der Waals surface area contributed by atoms with Gasteiger partial charge < -0.3 is 15.2 Å². The van der Waals surface area contributed by atoms with E-state index < -0.39 is 10.0 Å². The number of nitrogens with one attached hydrogen (secondary N) is 2. The lowest BCUT2D eigenvalue weighted by Gasteiger charge is -2.33. The number of aromatic nitrogens is 1. The maximum absolute atomic E-state index is 13.2. The van der Waals surface area contributed by atoms with Crippen molar-refractivity contribution >= 4 is 21.8 Å². The van der Waals surface area contributed by atoms with Crippen LogP contribution in [0.1, 0.15) is 76.2 Å². The molecule has 2 N–H and O–H groups in total. The topological polar surface area (TPSA) is 103 Å². The van der Waals surface area contributed by atoms with Gasteiger partial charge in [-0.1, -0.05) is 19.8 Å². The van der Waals surface area contributed by atoms with Crippen molar-refractivity contribution in [1.82, 2.24) is 19.5 Å². The lowest BCUT2D eigenvalue weighted by atomic mass is 9.95. The van der Waals surface area contributed by atoms with E-state index in [0.717, 1.165) is 32.1 Å².